The minimum absolute atomic E-state index is 0. The third-order valence-corrected chi connectivity index (χ3v) is 2.97. The number of hydrogen-bond acceptors (Lipinski definition) is 0. The van der Waals surface area contributed by atoms with Crippen molar-refractivity contribution in [3.8, 4) is 0 Å². The van der Waals surface area contributed by atoms with Gasteiger partial charge in [0.15, 0.2) is 0 Å². The quantitative estimate of drug-likeness (QED) is 0.544. The Hall–Kier alpha value is 0.883. The Morgan fingerprint density at radius 3 is 2.60 bits per heavy atom. The summed E-state index contributed by atoms with van der Waals surface area (Å²) in [6, 6.07) is 0. The second-order valence-corrected chi connectivity index (χ2v) is 3.52. The van der Waals surface area contributed by atoms with Crippen LogP contribution in [0.3, 0.4) is 0 Å². The molecule has 2 unspecified atom stereocenters. The summed E-state index contributed by atoms with van der Waals surface area (Å²) in [5, 5.41) is 0. The molecule has 0 aromatic carbocycles. The van der Waals surface area contributed by atoms with Gasteiger partial charge in [0.25, 0.3) is 0 Å². The van der Waals surface area contributed by atoms with Crippen LogP contribution in [0.5, 0.6) is 0 Å². The molecule has 0 spiro atoms. The fraction of sp³-hybridized carbons (Fsp3) is 0.889. The van der Waals surface area contributed by atoms with Crippen molar-refractivity contribution in [2.75, 3.05) is 0 Å². The Bertz CT molecular complexity index is 88.9. The van der Waals surface area contributed by atoms with Gasteiger partial charge < -0.3 is 6.42 Å². The van der Waals surface area contributed by atoms with E-state index in [1.807, 2.05) is 0 Å². The Morgan fingerprint density at radius 2 is 1.80 bits per heavy atom. The molecule has 0 heterocycles. The van der Waals surface area contributed by atoms with E-state index in [-0.39, 0.29) is 26.2 Å². The number of fused-ring (bicyclic) bond motifs is 1. The van der Waals surface area contributed by atoms with Crippen LogP contribution in [0.2, 0.25) is 0 Å². The molecule has 0 amide bonds. The van der Waals surface area contributed by atoms with Gasteiger partial charge in [-0.1, -0.05) is 38.0 Å². The third kappa shape index (κ3) is 1.73. The van der Waals surface area contributed by atoms with Crippen LogP contribution < -0.4 is 0 Å². The molecule has 0 aromatic heterocycles. The molecule has 0 aliphatic heterocycles. The van der Waals surface area contributed by atoms with Crippen molar-refractivity contribution in [1.29, 1.82) is 0 Å². The fourth-order valence-electron chi connectivity index (χ4n) is 2.45. The average Bonchev–Trinajstić information content (AvgIpc) is 2.33. The predicted octanol–water partition coefficient (Wildman–Crippen LogP) is 2.79. The summed E-state index contributed by atoms with van der Waals surface area (Å²) in [7, 11) is 0. The molecule has 2 aliphatic carbocycles. The van der Waals surface area contributed by atoms with Crippen molar-refractivity contribution in [2.24, 2.45) is 11.8 Å². The van der Waals surface area contributed by atoms with Gasteiger partial charge in [0.1, 0.15) is 0 Å². The van der Waals surface area contributed by atoms with Gasteiger partial charge in [-0.3, -0.25) is 0 Å². The van der Waals surface area contributed by atoms with E-state index in [2.05, 4.69) is 6.42 Å². The van der Waals surface area contributed by atoms with Gasteiger partial charge in [0.2, 0.25) is 0 Å². The van der Waals surface area contributed by atoms with Crippen LogP contribution >= 0.6 is 0 Å². The molecule has 2 saturated carbocycles. The van der Waals surface area contributed by atoms with Gasteiger partial charge in [-0.15, -0.1) is 0 Å². The van der Waals surface area contributed by atoms with Gasteiger partial charge in [-0.2, -0.15) is 12.3 Å². The molecule has 0 aromatic rings. The summed E-state index contributed by atoms with van der Waals surface area (Å²) < 4.78 is 0. The molecule has 0 radical (unpaired) electrons. The monoisotopic (exact) mass is 213 g/mol. The van der Waals surface area contributed by atoms with Crippen LogP contribution in [0.25, 0.3) is 0 Å². The van der Waals surface area contributed by atoms with Gasteiger partial charge in [0.05, 0.1) is 0 Å². The summed E-state index contributed by atoms with van der Waals surface area (Å²) in [5.41, 5.74) is 0. The summed E-state index contributed by atoms with van der Waals surface area (Å²) >= 11 is 0. The maximum atomic E-state index is 2.57. The molecule has 2 rings (SSSR count). The van der Waals surface area contributed by atoms with Gasteiger partial charge >= 0.3 is 0 Å². The molecule has 0 saturated heterocycles. The summed E-state index contributed by atoms with van der Waals surface area (Å²) in [5.74, 6) is 2.15. The summed E-state index contributed by atoms with van der Waals surface area (Å²) in [4.78, 5) is 0. The normalized spacial score (nSPS) is 38.4. The van der Waals surface area contributed by atoms with Crippen LogP contribution in [0.15, 0.2) is 0 Å². The zero-order valence-corrected chi connectivity index (χ0v) is 8.93. The van der Waals surface area contributed by atoms with E-state index in [4.69, 9.17) is 0 Å². The molecule has 0 nitrogen and oxygen atoms in total. The molecule has 0 N–H and O–H groups in total. The molecule has 0 bridgehead atoms. The van der Waals surface area contributed by atoms with Crippen LogP contribution in [-0.2, 0) is 26.2 Å². The molecular weight excluding hydrogens is 199 g/mol. The fourth-order valence-corrected chi connectivity index (χ4v) is 2.45. The van der Waals surface area contributed by atoms with Crippen LogP contribution in [0, 0.1) is 18.3 Å². The summed E-state index contributed by atoms with van der Waals surface area (Å²) in [6.07, 6.45) is 11.5. The van der Waals surface area contributed by atoms with Crippen molar-refractivity contribution < 1.29 is 26.2 Å². The van der Waals surface area contributed by atoms with Crippen LogP contribution in [-0.4, -0.2) is 0 Å². The van der Waals surface area contributed by atoms with Gasteiger partial charge in [-0.05, 0) is 0 Å². The maximum absolute atomic E-state index is 2.57. The Labute approximate surface area is 82.9 Å². The van der Waals surface area contributed by atoms with E-state index in [1.165, 1.54) is 38.5 Å². The standard InChI is InChI=1S/C9H15.Zr/c1-2-5-9-7-3-6-8(9)4-1;/h4,8-9H,1-3,5-7H2;/q-1;. The molecule has 1 heteroatoms. The number of rotatable bonds is 0. The van der Waals surface area contributed by atoms with E-state index >= 15 is 0 Å². The second-order valence-electron chi connectivity index (χ2n) is 3.52. The molecule has 10 heavy (non-hydrogen) atoms. The number of hydrogen-bond donors (Lipinski definition) is 0. The topological polar surface area (TPSA) is 0 Å². The van der Waals surface area contributed by atoms with Crippen molar-refractivity contribution in [3.63, 3.8) is 0 Å². The molecular formula is C9H15Zr-. The third-order valence-electron chi connectivity index (χ3n) is 2.97. The first-order valence-electron chi connectivity index (χ1n) is 4.30. The zero-order valence-electron chi connectivity index (χ0n) is 6.47. The van der Waals surface area contributed by atoms with E-state index in [9.17, 15) is 0 Å². The van der Waals surface area contributed by atoms with Crippen molar-refractivity contribution in [1.82, 2.24) is 0 Å². The largest absolute Gasteiger partial charge is 0.325 e. The summed E-state index contributed by atoms with van der Waals surface area (Å²) in [6.45, 7) is 0. The molecule has 2 atom stereocenters. The Balaban J connectivity index is 0.000000500. The van der Waals surface area contributed by atoms with Crippen LogP contribution in [0.4, 0.5) is 0 Å². The maximum Gasteiger partial charge on any atom is 0 e. The average molecular weight is 214 g/mol. The second kappa shape index (κ2) is 4.05. The van der Waals surface area contributed by atoms with E-state index in [1.54, 1.807) is 0 Å². The molecule has 2 aliphatic rings. The SMILES string of the molecule is [CH-]1CCCC2CCCC12.[Zr]. The van der Waals surface area contributed by atoms with Crippen molar-refractivity contribution in [2.45, 2.75) is 38.5 Å². The first-order chi connectivity index (χ1) is 4.47. The Kier molecular flexibility index (Phi) is 3.63. The van der Waals surface area contributed by atoms with Gasteiger partial charge in [0, 0.05) is 26.2 Å². The predicted molar refractivity (Wildman–Crippen MR) is 39.0 cm³/mol. The minimum atomic E-state index is 0. The smallest absolute Gasteiger partial charge is 0 e. The van der Waals surface area contributed by atoms with Crippen molar-refractivity contribution in [3.05, 3.63) is 6.42 Å². The first-order valence-corrected chi connectivity index (χ1v) is 4.30. The van der Waals surface area contributed by atoms with Crippen molar-refractivity contribution >= 4 is 0 Å². The van der Waals surface area contributed by atoms with E-state index in [0.717, 1.165) is 11.8 Å². The first kappa shape index (κ1) is 8.98. The molecule has 2 fully saturated rings. The Morgan fingerprint density at radius 1 is 1.00 bits per heavy atom. The van der Waals surface area contributed by atoms with E-state index in [0.29, 0.717) is 0 Å². The minimum Gasteiger partial charge on any atom is -0.325 e. The van der Waals surface area contributed by atoms with Crippen LogP contribution in [0.1, 0.15) is 38.5 Å². The molecule has 56 valence electrons. The van der Waals surface area contributed by atoms with E-state index < -0.39 is 0 Å². The van der Waals surface area contributed by atoms with Gasteiger partial charge in [-0.25, -0.2) is 0 Å². The zero-order chi connectivity index (χ0) is 6.10.